The Morgan fingerprint density at radius 1 is 0.554 bits per heavy atom. The number of rotatable bonds is 4. The topological polar surface area (TPSA) is 52.0 Å². The van der Waals surface area contributed by atoms with Crippen LogP contribution in [-0.2, 0) is 0 Å². The first-order valence-corrected chi connectivity index (χ1v) is 19.1. The number of benzene rings is 7. The molecule has 0 aliphatic carbocycles. The third-order valence-electron chi connectivity index (χ3n) is 11.5. The molecule has 0 fully saturated rings. The second-order valence-corrected chi connectivity index (χ2v) is 14.4. The van der Waals surface area contributed by atoms with E-state index in [9.17, 15) is 0 Å². The zero-order chi connectivity index (χ0) is 37.1. The maximum Gasteiger partial charge on any atom is 0.235 e. The van der Waals surface area contributed by atoms with Crippen molar-refractivity contribution < 1.29 is 4.42 Å². The van der Waals surface area contributed by atoms with Gasteiger partial charge in [-0.25, -0.2) is 9.97 Å². The van der Waals surface area contributed by atoms with Gasteiger partial charge in [0.25, 0.3) is 0 Å². The summed E-state index contributed by atoms with van der Waals surface area (Å²) < 4.78 is 10.9. The standard InChI is InChI=1S/C50H33N5O/c1-3-14-30(4-2)53-41-22-11-7-18-36(41)48-47-38(19-13-23-42(47)53)51-50(52-48)55-39-20-9-5-15-32(39)34-26-27-43-46(49(34)55)35-17-6-10-21-40(35)54(43)31-25-28-45-37(29-31)33-16-8-12-24-44(33)56-45/h3-29H,1-2H3/b14-3-,30-4+. The van der Waals surface area contributed by atoms with Gasteiger partial charge < -0.3 is 13.9 Å². The van der Waals surface area contributed by atoms with Crippen molar-refractivity contribution in [3.63, 3.8) is 0 Å². The molecule has 5 heterocycles. The van der Waals surface area contributed by atoms with Crippen LogP contribution in [0.25, 0.3) is 99.3 Å². The van der Waals surface area contributed by atoms with E-state index in [-0.39, 0.29) is 0 Å². The Morgan fingerprint density at radius 2 is 1.29 bits per heavy atom. The molecule has 7 aromatic carbocycles. The zero-order valence-corrected chi connectivity index (χ0v) is 30.7. The van der Waals surface area contributed by atoms with Gasteiger partial charge in [0.1, 0.15) is 11.2 Å². The van der Waals surface area contributed by atoms with E-state index >= 15 is 0 Å². The van der Waals surface area contributed by atoms with Gasteiger partial charge in [0, 0.05) is 49.3 Å². The predicted octanol–water partition coefficient (Wildman–Crippen LogP) is 13.3. The van der Waals surface area contributed by atoms with E-state index in [1.165, 1.54) is 5.39 Å². The van der Waals surface area contributed by atoms with Gasteiger partial charge in [-0.05, 0) is 80.6 Å². The van der Waals surface area contributed by atoms with Crippen molar-refractivity contribution in [3.05, 3.63) is 170 Å². The molecule has 0 bridgehead atoms. The van der Waals surface area contributed by atoms with Crippen LogP contribution in [-0.4, -0.2) is 19.1 Å². The number of nitrogens with zero attached hydrogens (tertiary/aromatic N) is 5. The van der Waals surface area contributed by atoms with E-state index < -0.39 is 0 Å². The molecule has 0 saturated carbocycles. The smallest absolute Gasteiger partial charge is 0.235 e. The van der Waals surface area contributed by atoms with E-state index in [2.05, 4.69) is 180 Å². The molecule has 264 valence electrons. The fourth-order valence-electron chi connectivity index (χ4n) is 9.23. The molecule has 1 aliphatic heterocycles. The Morgan fingerprint density at radius 3 is 2.14 bits per heavy atom. The Hall–Kier alpha value is -7.44. The highest BCUT2D eigenvalue weighted by Crippen LogP contribution is 2.49. The fraction of sp³-hybridized carbons (Fsp3) is 0.0400. The van der Waals surface area contributed by atoms with E-state index in [0.717, 1.165) is 105 Å². The number of para-hydroxylation sites is 4. The van der Waals surface area contributed by atoms with Crippen LogP contribution >= 0.6 is 0 Å². The highest BCUT2D eigenvalue weighted by atomic mass is 16.3. The lowest BCUT2D eigenvalue weighted by molar-refractivity contribution is 0.669. The molecule has 6 heteroatoms. The van der Waals surface area contributed by atoms with Crippen LogP contribution in [0.4, 0.5) is 11.4 Å². The molecule has 56 heavy (non-hydrogen) atoms. The minimum Gasteiger partial charge on any atom is -0.456 e. The summed E-state index contributed by atoms with van der Waals surface area (Å²) in [6, 6.07) is 51.7. The number of hydrogen-bond acceptors (Lipinski definition) is 4. The summed E-state index contributed by atoms with van der Waals surface area (Å²) >= 11 is 0. The van der Waals surface area contributed by atoms with E-state index in [1.807, 2.05) is 12.1 Å². The first-order chi connectivity index (χ1) is 27.7. The summed E-state index contributed by atoms with van der Waals surface area (Å²) in [7, 11) is 0. The summed E-state index contributed by atoms with van der Waals surface area (Å²) in [5.41, 5.74) is 13.4. The molecule has 0 spiro atoms. The van der Waals surface area contributed by atoms with Crippen molar-refractivity contribution in [3.8, 4) is 22.9 Å². The van der Waals surface area contributed by atoms with Gasteiger partial charge in [0.15, 0.2) is 0 Å². The molecular formula is C50H33N5O. The van der Waals surface area contributed by atoms with Crippen LogP contribution in [0, 0.1) is 0 Å². The van der Waals surface area contributed by atoms with E-state index in [4.69, 9.17) is 14.4 Å². The first-order valence-electron chi connectivity index (χ1n) is 19.1. The Bertz CT molecular complexity index is 3520. The normalized spacial score (nSPS) is 13.2. The van der Waals surface area contributed by atoms with Crippen LogP contribution in [0.2, 0.25) is 0 Å². The molecular weight excluding hydrogens is 687 g/mol. The zero-order valence-electron chi connectivity index (χ0n) is 30.7. The fourth-order valence-corrected chi connectivity index (χ4v) is 9.23. The van der Waals surface area contributed by atoms with Gasteiger partial charge in [0.05, 0.1) is 50.0 Å². The van der Waals surface area contributed by atoms with Gasteiger partial charge in [-0.1, -0.05) is 97.1 Å². The Balaban J connectivity index is 1.19. The first kappa shape index (κ1) is 31.0. The van der Waals surface area contributed by atoms with Gasteiger partial charge in [0.2, 0.25) is 5.95 Å². The number of hydrogen-bond donors (Lipinski definition) is 0. The van der Waals surface area contributed by atoms with Crippen LogP contribution in [0.5, 0.6) is 0 Å². The molecule has 0 saturated heterocycles. The SMILES string of the molecule is C/C=C\C(=C/C)N1c2ccccc2-c2nc(-n3c4ccccc4c4ccc5c(c6ccccc6n5-c5ccc6oc7ccccc7c6c5)c43)nc3cccc1c23. The maximum absolute atomic E-state index is 6.24. The predicted molar refractivity (Wildman–Crippen MR) is 232 cm³/mol. The summed E-state index contributed by atoms with van der Waals surface area (Å²) in [6.45, 7) is 4.15. The second-order valence-electron chi connectivity index (χ2n) is 14.4. The second kappa shape index (κ2) is 11.5. The van der Waals surface area contributed by atoms with Crippen molar-refractivity contribution >= 4 is 87.8 Å². The molecule has 6 nitrogen and oxygen atoms in total. The maximum atomic E-state index is 6.24. The number of fused-ring (bicyclic) bond motifs is 12. The number of allylic oxidation sites excluding steroid dienone is 3. The van der Waals surface area contributed by atoms with E-state index in [1.54, 1.807) is 0 Å². The number of aromatic nitrogens is 4. The molecule has 1 aliphatic rings. The van der Waals surface area contributed by atoms with Crippen molar-refractivity contribution in [1.29, 1.82) is 0 Å². The molecule has 12 rings (SSSR count). The number of furan rings is 1. The minimum absolute atomic E-state index is 0.648. The van der Waals surface area contributed by atoms with Crippen LogP contribution in [0.1, 0.15) is 13.8 Å². The van der Waals surface area contributed by atoms with Crippen molar-refractivity contribution in [1.82, 2.24) is 19.1 Å². The molecule has 0 unspecified atom stereocenters. The van der Waals surface area contributed by atoms with Gasteiger partial charge in [-0.3, -0.25) is 4.57 Å². The highest BCUT2D eigenvalue weighted by Gasteiger charge is 2.29. The van der Waals surface area contributed by atoms with E-state index in [0.29, 0.717) is 5.95 Å². The Kier molecular flexibility index (Phi) is 6.38. The monoisotopic (exact) mass is 719 g/mol. The molecule has 0 atom stereocenters. The lowest BCUT2D eigenvalue weighted by Crippen LogP contribution is -2.20. The van der Waals surface area contributed by atoms with Crippen LogP contribution in [0.3, 0.4) is 0 Å². The van der Waals surface area contributed by atoms with Gasteiger partial charge in [-0.15, -0.1) is 0 Å². The summed E-state index contributed by atoms with van der Waals surface area (Å²) in [6.07, 6.45) is 6.40. The lowest BCUT2D eigenvalue weighted by atomic mass is 9.96. The van der Waals surface area contributed by atoms with Gasteiger partial charge >= 0.3 is 0 Å². The Labute approximate surface area is 321 Å². The third-order valence-corrected chi connectivity index (χ3v) is 11.5. The number of anilines is 2. The van der Waals surface area contributed by atoms with Crippen LogP contribution in [0.15, 0.2) is 174 Å². The van der Waals surface area contributed by atoms with Gasteiger partial charge in [-0.2, -0.15) is 0 Å². The quantitative estimate of drug-likeness (QED) is 0.170. The largest absolute Gasteiger partial charge is 0.456 e. The van der Waals surface area contributed by atoms with Crippen LogP contribution < -0.4 is 4.90 Å². The summed E-state index contributed by atoms with van der Waals surface area (Å²) in [5, 5.41) is 7.91. The van der Waals surface area contributed by atoms with Crippen molar-refractivity contribution in [2.75, 3.05) is 4.90 Å². The molecule has 0 amide bonds. The molecule has 11 aromatic rings. The average molecular weight is 720 g/mol. The summed E-state index contributed by atoms with van der Waals surface area (Å²) in [5.74, 6) is 0.648. The molecule has 0 radical (unpaired) electrons. The summed E-state index contributed by atoms with van der Waals surface area (Å²) in [4.78, 5) is 13.3. The molecule has 0 N–H and O–H groups in total. The average Bonchev–Trinajstić information content (AvgIpc) is 3.90. The van der Waals surface area contributed by atoms with Crippen molar-refractivity contribution in [2.24, 2.45) is 0 Å². The minimum atomic E-state index is 0.648. The molecule has 4 aromatic heterocycles. The van der Waals surface area contributed by atoms with Crippen molar-refractivity contribution in [2.45, 2.75) is 13.8 Å². The highest BCUT2D eigenvalue weighted by molar-refractivity contribution is 6.26. The third kappa shape index (κ3) is 4.10. The lowest BCUT2D eigenvalue weighted by Gasteiger charge is -2.33.